The van der Waals surface area contributed by atoms with Crippen LogP contribution in [0.5, 0.6) is 0 Å². The minimum absolute atomic E-state index is 0.0927. The molecule has 0 aromatic heterocycles. The molecule has 3 amide bonds. The number of urea groups is 1. The van der Waals surface area contributed by atoms with Crippen molar-refractivity contribution in [2.75, 3.05) is 6.54 Å². The van der Waals surface area contributed by atoms with Crippen molar-refractivity contribution >= 4 is 17.9 Å². The van der Waals surface area contributed by atoms with Crippen LogP contribution in [0.2, 0.25) is 0 Å². The van der Waals surface area contributed by atoms with Gasteiger partial charge < -0.3 is 21.1 Å². The first kappa shape index (κ1) is 17.5. The van der Waals surface area contributed by atoms with Crippen LogP contribution in [-0.2, 0) is 11.3 Å². The van der Waals surface area contributed by atoms with Gasteiger partial charge in [-0.15, -0.1) is 0 Å². The normalized spacial score (nSPS) is 10.3. The summed E-state index contributed by atoms with van der Waals surface area (Å²) in [6.45, 7) is 4.13. The molecule has 1 aromatic carbocycles. The summed E-state index contributed by atoms with van der Waals surface area (Å²) < 4.78 is 0. The fourth-order valence-corrected chi connectivity index (χ4v) is 1.93. The first-order valence-corrected chi connectivity index (χ1v) is 6.96. The minimum Gasteiger partial charge on any atom is -0.481 e. The predicted molar refractivity (Wildman–Crippen MR) is 81.3 cm³/mol. The van der Waals surface area contributed by atoms with Gasteiger partial charge in [0.1, 0.15) is 0 Å². The van der Waals surface area contributed by atoms with Crippen LogP contribution < -0.4 is 11.1 Å². The summed E-state index contributed by atoms with van der Waals surface area (Å²) >= 11 is 0. The van der Waals surface area contributed by atoms with Gasteiger partial charge in [0.2, 0.25) is 0 Å². The van der Waals surface area contributed by atoms with Crippen LogP contribution in [0.15, 0.2) is 24.3 Å². The molecule has 22 heavy (non-hydrogen) atoms. The van der Waals surface area contributed by atoms with Crippen LogP contribution in [0.4, 0.5) is 4.79 Å². The van der Waals surface area contributed by atoms with Crippen molar-refractivity contribution in [3.8, 4) is 0 Å². The number of hydrogen-bond donors (Lipinski definition) is 3. The van der Waals surface area contributed by atoms with Crippen molar-refractivity contribution in [2.45, 2.75) is 32.9 Å². The van der Waals surface area contributed by atoms with Crippen LogP contribution in [-0.4, -0.2) is 40.5 Å². The maximum Gasteiger partial charge on any atom is 0.312 e. The van der Waals surface area contributed by atoms with Gasteiger partial charge in [0.05, 0.1) is 6.42 Å². The summed E-state index contributed by atoms with van der Waals surface area (Å²) in [7, 11) is 0. The highest BCUT2D eigenvalue weighted by atomic mass is 16.4. The van der Waals surface area contributed by atoms with E-state index in [1.165, 1.54) is 4.90 Å². The number of hydrogen-bond acceptors (Lipinski definition) is 3. The van der Waals surface area contributed by atoms with E-state index in [9.17, 15) is 14.4 Å². The molecule has 4 N–H and O–H groups in total. The molecule has 0 aliphatic heterocycles. The lowest BCUT2D eigenvalue weighted by Crippen LogP contribution is -2.38. The predicted octanol–water partition coefficient (Wildman–Crippen LogP) is 1.18. The molecule has 0 saturated carbocycles. The molecule has 0 heterocycles. The Hall–Kier alpha value is -2.57. The Balaban J connectivity index is 2.77. The van der Waals surface area contributed by atoms with Crippen molar-refractivity contribution in [3.05, 3.63) is 35.4 Å². The van der Waals surface area contributed by atoms with E-state index < -0.39 is 12.0 Å². The Morgan fingerprint density at radius 3 is 2.27 bits per heavy atom. The number of nitrogens with one attached hydrogen (secondary N) is 1. The number of benzene rings is 1. The van der Waals surface area contributed by atoms with Crippen molar-refractivity contribution in [2.24, 2.45) is 5.73 Å². The number of amides is 3. The molecule has 0 radical (unpaired) electrons. The van der Waals surface area contributed by atoms with Gasteiger partial charge in [0.15, 0.2) is 0 Å². The molecule has 0 atom stereocenters. The molecule has 120 valence electrons. The maximum atomic E-state index is 12.4. The summed E-state index contributed by atoms with van der Waals surface area (Å²) in [5.41, 5.74) is 6.28. The summed E-state index contributed by atoms with van der Waals surface area (Å²) in [5.74, 6) is -1.16. The Labute approximate surface area is 129 Å². The van der Waals surface area contributed by atoms with Crippen LogP contribution in [0.1, 0.15) is 36.2 Å². The Bertz CT molecular complexity index is 540. The number of aliphatic carboxylic acids is 1. The standard InChI is InChI=1S/C15H21N3O4/c1-10(2)18(8-7-13(19)20)14(21)12-5-3-11(4-6-12)9-17-15(16)22/h3-6,10H,7-9H2,1-2H3,(H,19,20)(H3,16,17,22). The summed E-state index contributed by atoms with van der Waals surface area (Å²) in [4.78, 5) is 35.3. The lowest BCUT2D eigenvalue weighted by Gasteiger charge is -2.26. The summed E-state index contributed by atoms with van der Waals surface area (Å²) in [6.07, 6.45) is -0.0927. The monoisotopic (exact) mass is 307 g/mol. The number of nitrogens with zero attached hydrogens (tertiary/aromatic N) is 1. The average molecular weight is 307 g/mol. The number of rotatable bonds is 7. The van der Waals surface area contributed by atoms with Crippen LogP contribution in [0.3, 0.4) is 0 Å². The minimum atomic E-state index is -0.939. The molecule has 0 unspecified atom stereocenters. The fraction of sp³-hybridized carbons (Fsp3) is 0.400. The van der Waals surface area contributed by atoms with E-state index in [1.54, 1.807) is 24.3 Å². The van der Waals surface area contributed by atoms with E-state index in [4.69, 9.17) is 10.8 Å². The highest BCUT2D eigenvalue weighted by molar-refractivity contribution is 5.94. The molecule has 0 spiro atoms. The fourth-order valence-electron chi connectivity index (χ4n) is 1.93. The zero-order valence-electron chi connectivity index (χ0n) is 12.7. The van der Waals surface area contributed by atoms with Crippen molar-refractivity contribution in [1.82, 2.24) is 10.2 Å². The highest BCUT2D eigenvalue weighted by Gasteiger charge is 2.19. The topological polar surface area (TPSA) is 113 Å². The van der Waals surface area contributed by atoms with Crippen LogP contribution in [0, 0.1) is 0 Å². The van der Waals surface area contributed by atoms with E-state index in [2.05, 4.69) is 5.32 Å². The van der Waals surface area contributed by atoms with Gasteiger partial charge in [-0.05, 0) is 31.5 Å². The van der Waals surface area contributed by atoms with E-state index in [0.717, 1.165) is 5.56 Å². The number of carbonyl (C=O) groups excluding carboxylic acids is 2. The molecule has 0 bridgehead atoms. The molecule has 7 nitrogen and oxygen atoms in total. The quantitative estimate of drug-likeness (QED) is 0.702. The molecular weight excluding hydrogens is 286 g/mol. The van der Waals surface area contributed by atoms with Gasteiger partial charge in [-0.1, -0.05) is 12.1 Å². The van der Waals surface area contributed by atoms with Crippen molar-refractivity contribution in [3.63, 3.8) is 0 Å². The third kappa shape index (κ3) is 5.43. The second-order valence-electron chi connectivity index (χ2n) is 5.15. The smallest absolute Gasteiger partial charge is 0.312 e. The largest absolute Gasteiger partial charge is 0.481 e. The lowest BCUT2D eigenvalue weighted by molar-refractivity contribution is -0.137. The first-order valence-electron chi connectivity index (χ1n) is 6.96. The SMILES string of the molecule is CC(C)N(CCC(=O)O)C(=O)c1ccc(CNC(N)=O)cc1. The zero-order chi connectivity index (χ0) is 16.7. The van der Waals surface area contributed by atoms with Crippen molar-refractivity contribution < 1.29 is 19.5 Å². The summed E-state index contributed by atoms with van der Waals surface area (Å²) in [6, 6.07) is 6.04. The Morgan fingerprint density at radius 1 is 1.23 bits per heavy atom. The average Bonchev–Trinajstić information content (AvgIpc) is 2.45. The van der Waals surface area contributed by atoms with Crippen LogP contribution >= 0.6 is 0 Å². The molecule has 0 aliphatic carbocycles. The summed E-state index contributed by atoms with van der Waals surface area (Å²) in [5, 5.41) is 11.2. The number of carboxylic acid groups (broad SMARTS) is 1. The first-order chi connectivity index (χ1) is 10.3. The second kappa shape index (κ2) is 8.02. The van der Waals surface area contributed by atoms with Gasteiger partial charge in [-0.2, -0.15) is 0 Å². The second-order valence-corrected chi connectivity index (χ2v) is 5.15. The van der Waals surface area contributed by atoms with Gasteiger partial charge in [0.25, 0.3) is 5.91 Å². The third-order valence-electron chi connectivity index (χ3n) is 3.12. The number of primary amides is 1. The van der Waals surface area contributed by atoms with E-state index >= 15 is 0 Å². The molecule has 0 fully saturated rings. The van der Waals surface area contributed by atoms with Gasteiger partial charge >= 0.3 is 12.0 Å². The van der Waals surface area contributed by atoms with Crippen molar-refractivity contribution in [1.29, 1.82) is 0 Å². The molecular formula is C15H21N3O4. The van der Waals surface area contributed by atoms with Gasteiger partial charge in [0, 0.05) is 24.7 Å². The Kier molecular flexibility index (Phi) is 6.37. The van der Waals surface area contributed by atoms with E-state index in [1.807, 2.05) is 13.8 Å². The number of carboxylic acids is 1. The van der Waals surface area contributed by atoms with E-state index in [-0.39, 0.29) is 31.5 Å². The molecule has 0 aliphatic rings. The van der Waals surface area contributed by atoms with E-state index in [0.29, 0.717) is 5.56 Å². The highest BCUT2D eigenvalue weighted by Crippen LogP contribution is 2.11. The number of carbonyl (C=O) groups is 3. The van der Waals surface area contributed by atoms with Crippen LogP contribution in [0.25, 0.3) is 0 Å². The molecule has 0 saturated heterocycles. The Morgan fingerprint density at radius 2 is 1.82 bits per heavy atom. The molecule has 1 aromatic rings. The zero-order valence-corrected chi connectivity index (χ0v) is 12.7. The molecule has 7 heteroatoms. The maximum absolute atomic E-state index is 12.4. The number of nitrogens with two attached hydrogens (primary N) is 1. The lowest BCUT2D eigenvalue weighted by atomic mass is 10.1. The van der Waals surface area contributed by atoms with Gasteiger partial charge in [-0.25, -0.2) is 4.79 Å². The van der Waals surface area contributed by atoms with Gasteiger partial charge in [-0.3, -0.25) is 9.59 Å². The third-order valence-corrected chi connectivity index (χ3v) is 3.12. The molecule has 1 rings (SSSR count).